The van der Waals surface area contributed by atoms with Gasteiger partial charge in [-0.2, -0.15) is 0 Å². The zero-order valence-corrected chi connectivity index (χ0v) is 18.4. The summed E-state index contributed by atoms with van der Waals surface area (Å²) in [6, 6.07) is 6.69. The van der Waals surface area contributed by atoms with Gasteiger partial charge in [0.25, 0.3) is 10.0 Å². The molecular formula is C18H11Cl4N3O3S. The molecule has 0 fully saturated rings. The van der Waals surface area contributed by atoms with Crippen LogP contribution in [0.4, 0.5) is 5.69 Å². The van der Waals surface area contributed by atoms with Crippen LogP contribution in [0, 0.1) is 6.92 Å². The second kappa shape index (κ2) is 8.45. The van der Waals surface area contributed by atoms with E-state index in [2.05, 4.69) is 14.7 Å². The average molecular weight is 491 g/mol. The molecule has 0 atom stereocenters. The number of benzene rings is 1. The number of halogens is 4. The third kappa shape index (κ3) is 4.65. The maximum Gasteiger partial charge on any atom is 0.262 e. The van der Waals surface area contributed by atoms with E-state index in [1.807, 2.05) is 0 Å². The molecule has 0 spiro atoms. The van der Waals surface area contributed by atoms with Crippen molar-refractivity contribution in [3.8, 4) is 0 Å². The molecule has 0 saturated heterocycles. The van der Waals surface area contributed by atoms with E-state index < -0.39 is 15.8 Å². The Balaban J connectivity index is 2.08. The van der Waals surface area contributed by atoms with Gasteiger partial charge in [-0.3, -0.25) is 9.52 Å². The summed E-state index contributed by atoms with van der Waals surface area (Å²) in [5, 5.41) is 0.368. The number of nitrogens with zero attached hydrogens (tertiary/aromatic N) is 2. The highest BCUT2D eigenvalue weighted by Gasteiger charge is 2.24. The van der Waals surface area contributed by atoms with Gasteiger partial charge in [0.1, 0.15) is 10.8 Å². The second-order valence-electron chi connectivity index (χ2n) is 5.85. The highest BCUT2D eigenvalue weighted by molar-refractivity contribution is 7.92. The Morgan fingerprint density at radius 2 is 1.72 bits per heavy atom. The lowest BCUT2D eigenvalue weighted by atomic mass is 10.0. The standard InChI is InChI=1S/C18H11Cl4N3O3S/c1-9-4-5-23-18(22)15(9)17(26)16-14(6-10(19)8-24-16)25-29(27,28)11-2-3-12(20)13(21)7-11/h2-8,25H,1H3. The van der Waals surface area contributed by atoms with Crippen molar-refractivity contribution in [1.82, 2.24) is 9.97 Å². The molecule has 150 valence electrons. The van der Waals surface area contributed by atoms with Crippen molar-refractivity contribution < 1.29 is 13.2 Å². The van der Waals surface area contributed by atoms with Crippen LogP contribution < -0.4 is 4.72 Å². The number of pyridine rings is 2. The van der Waals surface area contributed by atoms with E-state index in [1.165, 1.54) is 36.7 Å². The van der Waals surface area contributed by atoms with E-state index in [9.17, 15) is 13.2 Å². The molecule has 6 nitrogen and oxygen atoms in total. The van der Waals surface area contributed by atoms with Crippen molar-refractivity contribution >= 4 is 67.9 Å². The Morgan fingerprint density at radius 1 is 1.00 bits per heavy atom. The molecule has 2 aromatic heterocycles. The molecule has 11 heteroatoms. The van der Waals surface area contributed by atoms with Gasteiger partial charge >= 0.3 is 0 Å². The third-order valence-electron chi connectivity index (χ3n) is 3.86. The lowest BCUT2D eigenvalue weighted by Crippen LogP contribution is -2.17. The lowest BCUT2D eigenvalue weighted by molar-refractivity contribution is 0.103. The Hall–Kier alpha value is -1.90. The smallest absolute Gasteiger partial charge is 0.262 e. The molecule has 1 aromatic carbocycles. The van der Waals surface area contributed by atoms with Gasteiger partial charge in [0.2, 0.25) is 5.78 Å². The van der Waals surface area contributed by atoms with E-state index in [-0.39, 0.29) is 42.1 Å². The molecular weight excluding hydrogens is 480 g/mol. The van der Waals surface area contributed by atoms with E-state index in [0.717, 1.165) is 0 Å². The summed E-state index contributed by atoms with van der Waals surface area (Å²) >= 11 is 23.8. The minimum absolute atomic E-state index is 0.0231. The first-order valence-corrected chi connectivity index (χ1v) is 10.9. The predicted octanol–water partition coefficient (Wildman–Crippen LogP) is 5.43. The van der Waals surface area contributed by atoms with Gasteiger partial charge in [-0.25, -0.2) is 18.4 Å². The fourth-order valence-corrected chi connectivity index (χ4v) is 4.36. The maximum atomic E-state index is 13.0. The monoisotopic (exact) mass is 489 g/mol. The number of ketones is 1. The molecule has 0 saturated carbocycles. The first kappa shape index (κ1) is 21.8. The number of nitrogens with one attached hydrogen (secondary N) is 1. The molecule has 0 amide bonds. The van der Waals surface area contributed by atoms with Gasteiger partial charge < -0.3 is 0 Å². The summed E-state index contributed by atoms with van der Waals surface area (Å²) < 4.78 is 27.9. The van der Waals surface area contributed by atoms with Gasteiger partial charge in [-0.05, 0) is 42.8 Å². The Bertz CT molecular complexity index is 1210. The minimum Gasteiger partial charge on any atom is -0.287 e. The highest BCUT2D eigenvalue weighted by atomic mass is 35.5. The highest BCUT2D eigenvalue weighted by Crippen LogP contribution is 2.29. The molecule has 0 radical (unpaired) electrons. The number of aromatic nitrogens is 2. The van der Waals surface area contributed by atoms with Gasteiger partial charge in [-0.15, -0.1) is 0 Å². The maximum absolute atomic E-state index is 13.0. The van der Waals surface area contributed by atoms with Crippen LogP contribution in [-0.2, 0) is 10.0 Å². The summed E-state index contributed by atoms with van der Waals surface area (Å²) in [6.45, 7) is 1.68. The number of rotatable bonds is 5. The third-order valence-corrected chi connectivity index (χ3v) is 6.45. The van der Waals surface area contributed by atoms with Crippen LogP contribution >= 0.6 is 46.4 Å². The van der Waals surface area contributed by atoms with Crippen LogP contribution in [0.3, 0.4) is 0 Å². The second-order valence-corrected chi connectivity index (χ2v) is 9.15. The first-order chi connectivity index (χ1) is 13.6. The van der Waals surface area contributed by atoms with Crippen LogP contribution in [-0.4, -0.2) is 24.2 Å². The number of anilines is 1. The fraction of sp³-hybridized carbons (Fsp3) is 0.0556. The summed E-state index contributed by atoms with van der Waals surface area (Å²) in [4.78, 5) is 20.8. The number of carbonyl (C=O) groups excluding carboxylic acids is 1. The number of hydrogen-bond acceptors (Lipinski definition) is 5. The molecule has 0 aliphatic carbocycles. The van der Waals surface area contributed by atoms with E-state index in [0.29, 0.717) is 5.56 Å². The molecule has 3 rings (SSSR count). The lowest BCUT2D eigenvalue weighted by Gasteiger charge is -2.13. The van der Waals surface area contributed by atoms with Crippen LogP contribution in [0.1, 0.15) is 21.6 Å². The summed E-state index contributed by atoms with van der Waals surface area (Å²) in [5.74, 6) is -0.607. The number of aryl methyl sites for hydroxylation is 1. The zero-order valence-electron chi connectivity index (χ0n) is 14.6. The van der Waals surface area contributed by atoms with Crippen LogP contribution in [0.5, 0.6) is 0 Å². The summed E-state index contributed by atoms with van der Waals surface area (Å²) in [5.41, 5.74) is 0.368. The molecule has 3 aromatic rings. The zero-order chi connectivity index (χ0) is 21.3. The number of hydrogen-bond donors (Lipinski definition) is 1. The van der Waals surface area contributed by atoms with Crippen molar-refractivity contribution in [2.24, 2.45) is 0 Å². The molecule has 0 bridgehead atoms. The molecule has 0 aliphatic heterocycles. The quantitative estimate of drug-likeness (QED) is 0.380. The summed E-state index contributed by atoms with van der Waals surface area (Å²) in [6.07, 6.45) is 2.68. The van der Waals surface area contributed by atoms with Crippen LogP contribution in [0.15, 0.2) is 47.6 Å². The van der Waals surface area contributed by atoms with Crippen molar-refractivity contribution in [2.75, 3.05) is 4.72 Å². The van der Waals surface area contributed by atoms with Crippen molar-refractivity contribution in [3.05, 3.63) is 79.8 Å². The number of carbonyl (C=O) groups is 1. The van der Waals surface area contributed by atoms with E-state index in [4.69, 9.17) is 46.4 Å². The molecule has 0 unspecified atom stereocenters. The van der Waals surface area contributed by atoms with Crippen LogP contribution in [0.25, 0.3) is 0 Å². The first-order valence-electron chi connectivity index (χ1n) is 7.89. The fourth-order valence-electron chi connectivity index (χ4n) is 2.46. The minimum atomic E-state index is -4.12. The molecule has 1 N–H and O–H groups in total. The van der Waals surface area contributed by atoms with Gasteiger partial charge in [-0.1, -0.05) is 46.4 Å². The van der Waals surface area contributed by atoms with Gasteiger partial charge in [0.05, 0.1) is 31.2 Å². The Morgan fingerprint density at radius 3 is 2.38 bits per heavy atom. The predicted molar refractivity (Wildman–Crippen MR) is 114 cm³/mol. The van der Waals surface area contributed by atoms with Crippen molar-refractivity contribution in [2.45, 2.75) is 11.8 Å². The van der Waals surface area contributed by atoms with E-state index >= 15 is 0 Å². The van der Waals surface area contributed by atoms with Gasteiger partial charge in [0, 0.05) is 12.4 Å². The normalized spacial score (nSPS) is 11.3. The average Bonchev–Trinajstić information content (AvgIpc) is 2.63. The largest absolute Gasteiger partial charge is 0.287 e. The topological polar surface area (TPSA) is 89.0 Å². The van der Waals surface area contributed by atoms with Crippen LogP contribution in [0.2, 0.25) is 20.2 Å². The molecule has 2 heterocycles. The SMILES string of the molecule is Cc1ccnc(Cl)c1C(=O)c1ncc(Cl)cc1NS(=O)(=O)c1ccc(Cl)c(Cl)c1. The Labute approximate surface area is 186 Å². The Kier molecular flexibility index (Phi) is 6.36. The van der Waals surface area contributed by atoms with Gasteiger partial charge in [0.15, 0.2) is 0 Å². The summed E-state index contributed by atoms with van der Waals surface area (Å²) in [7, 11) is -4.12. The van der Waals surface area contributed by atoms with Crippen molar-refractivity contribution in [3.63, 3.8) is 0 Å². The molecule has 0 aliphatic rings. The number of sulfonamides is 1. The van der Waals surface area contributed by atoms with Crippen molar-refractivity contribution in [1.29, 1.82) is 0 Å². The van der Waals surface area contributed by atoms with E-state index in [1.54, 1.807) is 13.0 Å². The molecule has 29 heavy (non-hydrogen) atoms.